The van der Waals surface area contributed by atoms with Crippen molar-refractivity contribution in [1.29, 1.82) is 0 Å². The standard InChI is InChI=1S/C20H24N2O2/c1-2-9-23-19-20(15-8-7-13-10-14(13)11-15)18(21-12-22-19)16-5-3-4-6-17(16)24-20/h1,3-6,13-15,18-19,21-22H,7-12H2. The first-order valence-corrected chi connectivity index (χ1v) is 9.12. The van der Waals surface area contributed by atoms with Crippen molar-refractivity contribution in [3.05, 3.63) is 29.8 Å². The molecule has 0 spiro atoms. The van der Waals surface area contributed by atoms with Crippen LogP contribution in [-0.4, -0.2) is 25.1 Å². The van der Waals surface area contributed by atoms with Crippen LogP contribution in [0.4, 0.5) is 0 Å². The largest absolute Gasteiger partial charge is 0.480 e. The second-order valence-corrected chi connectivity index (χ2v) is 7.67. The number of fused-ring (bicyclic) bond motifs is 4. The lowest BCUT2D eigenvalue weighted by atomic mass is 9.70. The molecule has 0 radical (unpaired) electrons. The monoisotopic (exact) mass is 324 g/mol. The molecule has 2 aliphatic heterocycles. The molecule has 126 valence electrons. The van der Waals surface area contributed by atoms with Gasteiger partial charge in [-0.05, 0) is 43.6 Å². The van der Waals surface area contributed by atoms with E-state index >= 15 is 0 Å². The van der Waals surface area contributed by atoms with Gasteiger partial charge in [-0.15, -0.1) is 6.42 Å². The minimum absolute atomic E-state index is 0.165. The van der Waals surface area contributed by atoms with Crippen LogP contribution in [0.25, 0.3) is 0 Å². The molecule has 1 aromatic rings. The molecule has 2 saturated carbocycles. The maximum atomic E-state index is 6.70. The number of nitrogens with one attached hydrogen (secondary N) is 2. The van der Waals surface area contributed by atoms with Crippen LogP contribution in [0.2, 0.25) is 0 Å². The van der Waals surface area contributed by atoms with E-state index < -0.39 is 5.60 Å². The second kappa shape index (κ2) is 5.49. The Balaban J connectivity index is 1.55. The number of rotatable bonds is 3. The number of para-hydroxylation sites is 1. The Labute approximate surface area is 143 Å². The highest BCUT2D eigenvalue weighted by atomic mass is 16.6. The van der Waals surface area contributed by atoms with Crippen molar-refractivity contribution in [3.63, 3.8) is 0 Å². The molecule has 6 atom stereocenters. The predicted octanol–water partition coefficient (Wildman–Crippen LogP) is 2.42. The van der Waals surface area contributed by atoms with Gasteiger partial charge >= 0.3 is 0 Å². The topological polar surface area (TPSA) is 42.5 Å². The Morgan fingerprint density at radius 3 is 3.00 bits per heavy atom. The van der Waals surface area contributed by atoms with Crippen molar-refractivity contribution in [2.24, 2.45) is 17.8 Å². The molecule has 4 heteroatoms. The average Bonchev–Trinajstić information content (AvgIpc) is 3.32. The van der Waals surface area contributed by atoms with E-state index in [1.807, 2.05) is 6.07 Å². The molecule has 4 aliphatic rings. The molecule has 2 aliphatic carbocycles. The summed E-state index contributed by atoms with van der Waals surface area (Å²) in [6.07, 6.45) is 10.5. The summed E-state index contributed by atoms with van der Waals surface area (Å²) < 4.78 is 12.8. The van der Waals surface area contributed by atoms with Crippen LogP contribution in [0, 0.1) is 30.1 Å². The van der Waals surface area contributed by atoms with E-state index in [1.165, 1.54) is 31.2 Å². The second-order valence-electron chi connectivity index (χ2n) is 7.67. The van der Waals surface area contributed by atoms with Gasteiger partial charge in [0.1, 0.15) is 12.4 Å². The summed E-state index contributed by atoms with van der Waals surface area (Å²) in [4.78, 5) is 0. The molecule has 3 fully saturated rings. The fraction of sp³-hybridized carbons (Fsp3) is 0.600. The summed E-state index contributed by atoms with van der Waals surface area (Å²) in [5.41, 5.74) is 0.859. The quantitative estimate of drug-likeness (QED) is 0.838. The third-order valence-electron chi connectivity index (χ3n) is 6.48. The van der Waals surface area contributed by atoms with Crippen molar-refractivity contribution < 1.29 is 9.47 Å². The Morgan fingerprint density at radius 2 is 2.12 bits per heavy atom. The molecule has 2 heterocycles. The first-order chi connectivity index (χ1) is 11.8. The molecular formula is C20H24N2O2. The van der Waals surface area contributed by atoms with Crippen LogP contribution in [0.3, 0.4) is 0 Å². The highest BCUT2D eigenvalue weighted by molar-refractivity contribution is 5.44. The van der Waals surface area contributed by atoms with Crippen LogP contribution >= 0.6 is 0 Å². The Kier molecular flexibility index (Phi) is 3.38. The Hall–Kier alpha value is -1.54. The van der Waals surface area contributed by atoms with Crippen molar-refractivity contribution in [2.45, 2.75) is 43.6 Å². The van der Waals surface area contributed by atoms with E-state index in [-0.39, 0.29) is 12.3 Å². The SMILES string of the molecule is C#CCOC1NCNC2c3ccccc3OC12C1CCC2CC2C1. The zero-order chi connectivity index (χ0) is 16.1. The minimum atomic E-state index is -0.396. The lowest BCUT2D eigenvalue weighted by Gasteiger charge is -2.50. The highest BCUT2D eigenvalue weighted by Crippen LogP contribution is 2.59. The lowest BCUT2D eigenvalue weighted by Crippen LogP contribution is -2.69. The fourth-order valence-corrected chi connectivity index (χ4v) is 5.31. The van der Waals surface area contributed by atoms with Gasteiger partial charge in [-0.1, -0.05) is 24.1 Å². The van der Waals surface area contributed by atoms with Crippen LogP contribution in [0.15, 0.2) is 24.3 Å². The fourth-order valence-electron chi connectivity index (χ4n) is 5.31. The zero-order valence-electron chi connectivity index (χ0n) is 13.8. The molecule has 1 saturated heterocycles. The first kappa shape index (κ1) is 14.8. The predicted molar refractivity (Wildman–Crippen MR) is 91.2 cm³/mol. The molecule has 24 heavy (non-hydrogen) atoms. The van der Waals surface area contributed by atoms with Crippen molar-refractivity contribution in [3.8, 4) is 18.1 Å². The molecule has 0 amide bonds. The van der Waals surface area contributed by atoms with Gasteiger partial charge in [0.15, 0.2) is 11.8 Å². The van der Waals surface area contributed by atoms with Crippen LogP contribution in [0.5, 0.6) is 5.75 Å². The van der Waals surface area contributed by atoms with Gasteiger partial charge in [-0.25, -0.2) is 0 Å². The smallest absolute Gasteiger partial charge is 0.170 e. The van der Waals surface area contributed by atoms with Gasteiger partial charge in [-0.2, -0.15) is 0 Å². The molecular weight excluding hydrogens is 300 g/mol. The molecule has 0 aromatic heterocycles. The van der Waals surface area contributed by atoms with E-state index in [0.717, 1.165) is 17.6 Å². The van der Waals surface area contributed by atoms with Gasteiger partial charge < -0.3 is 9.47 Å². The maximum Gasteiger partial charge on any atom is 0.170 e. The summed E-state index contributed by atoms with van der Waals surface area (Å²) in [5.74, 6) is 5.95. The lowest BCUT2D eigenvalue weighted by molar-refractivity contribution is -0.160. The van der Waals surface area contributed by atoms with Crippen LogP contribution in [-0.2, 0) is 4.74 Å². The third kappa shape index (κ3) is 2.05. The van der Waals surface area contributed by atoms with Gasteiger partial charge in [0.25, 0.3) is 0 Å². The van der Waals surface area contributed by atoms with E-state index in [4.69, 9.17) is 15.9 Å². The zero-order valence-corrected chi connectivity index (χ0v) is 13.8. The molecule has 5 rings (SSSR count). The van der Waals surface area contributed by atoms with Crippen LogP contribution < -0.4 is 15.4 Å². The maximum absolute atomic E-state index is 6.70. The molecule has 1 aromatic carbocycles. The van der Waals surface area contributed by atoms with E-state index in [1.54, 1.807) is 0 Å². The van der Waals surface area contributed by atoms with Gasteiger partial charge in [-0.3, -0.25) is 10.6 Å². The summed E-state index contributed by atoms with van der Waals surface area (Å²) in [5, 5.41) is 7.12. The number of terminal acetylenes is 1. The number of hydrogen-bond donors (Lipinski definition) is 2. The Morgan fingerprint density at radius 1 is 1.21 bits per heavy atom. The van der Waals surface area contributed by atoms with Crippen molar-refractivity contribution >= 4 is 0 Å². The minimum Gasteiger partial charge on any atom is -0.480 e. The summed E-state index contributed by atoms with van der Waals surface area (Å²) >= 11 is 0. The normalized spacial score (nSPS) is 42.2. The average molecular weight is 324 g/mol. The van der Waals surface area contributed by atoms with Gasteiger partial charge in [0.05, 0.1) is 6.04 Å². The summed E-state index contributed by atoms with van der Waals surface area (Å²) in [6.45, 7) is 1.02. The van der Waals surface area contributed by atoms with Gasteiger partial charge in [0, 0.05) is 18.2 Å². The van der Waals surface area contributed by atoms with Crippen LogP contribution in [0.1, 0.15) is 37.3 Å². The van der Waals surface area contributed by atoms with Crippen molar-refractivity contribution in [1.82, 2.24) is 10.6 Å². The Bertz CT molecular complexity index is 684. The number of hydrogen-bond acceptors (Lipinski definition) is 4. The number of ether oxygens (including phenoxy) is 2. The van der Waals surface area contributed by atoms with Crippen molar-refractivity contribution in [2.75, 3.05) is 13.3 Å². The van der Waals surface area contributed by atoms with E-state index in [0.29, 0.717) is 19.2 Å². The summed E-state index contributed by atoms with van der Waals surface area (Å²) in [7, 11) is 0. The summed E-state index contributed by atoms with van der Waals surface area (Å²) in [6, 6.07) is 8.57. The first-order valence-electron chi connectivity index (χ1n) is 9.12. The van der Waals surface area contributed by atoms with E-state index in [2.05, 4.69) is 34.8 Å². The van der Waals surface area contributed by atoms with Gasteiger partial charge in [0.2, 0.25) is 0 Å². The molecule has 4 nitrogen and oxygen atoms in total. The molecule has 6 unspecified atom stereocenters. The number of benzene rings is 1. The highest BCUT2D eigenvalue weighted by Gasteiger charge is 2.62. The third-order valence-corrected chi connectivity index (χ3v) is 6.48. The molecule has 2 N–H and O–H groups in total. The van der Waals surface area contributed by atoms with E-state index in [9.17, 15) is 0 Å². The molecule has 0 bridgehead atoms.